The second-order valence-corrected chi connectivity index (χ2v) is 3.36. The average Bonchev–Trinajstić information content (AvgIpc) is 1.97. The van der Waals surface area contributed by atoms with E-state index >= 15 is 0 Å². The van der Waals surface area contributed by atoms with Crippen LogP contribution < -0.4 is 0 Å². The lowest BCUT2D eigenvalue weighted by molar-refractivity contribution is -0.160. The van der Waals surface area contributed by atoms with Crippen LogP contribution >= 0.6 is 0 Å². The van der Waals surface area contributed by atoms with Gasteiger partial charge in [-0.05, 0) is 12.3 Å². The third-order valence-electron chi connectivity index (χ3n) is 1.68. The van der Waals surface area contributed by atoms with Crippen molar-refractivity contribution in [2.24, 2.45) is 11.8 Å². The summed E-state index contributed by atoms with van der Waals surface area (Å²) in [5.41, 5.74) is 0. The minimum absolute atomic E-state index is 0.0371. The van der Waals surface area contributed by atoms with Crippen LogP contribution in [0.3, 0.4) is 0 Å². The number of carboxylic acid groups (broad SMARTS) is 2. The maximum atomic E-state index is 10.6. The van der Waals surface area contributed by atoms with Gasteiger partial charge in [0.25, 0.3) is 0 Å². The molecule has 0 bridgehead atoms. The molecule has 0 aliphatic carbocycles. The molecule has 2 atom stereocenters. The zero-order valence-electron chi connectivity index (χ0n) is 7.60. The molecule has 5 nitrogen and oxygen atoms in total. The van der Waals surface area contributed by atoms with E-state index in [0.29, 0.717) is 0 Å². The molecule has 0 aromatic rings. The van der Waals surface area contributed by atoms with Gasteiger partial charge in [-0.3, -0.25) is 4.79 Å². The zero-order valence-corrected chi connectivity index (χ0v) is 7.60. The lowest BCUT2D eigenvalue weighted by Crippen LogP contribution is -2.35. The van der Waals surface area contributed by atoms with Crippen LogP contribution in [0.2, 0.25) is 0 Å². The van der Waals surface area contributed by atoms with E-state index in [2.05, 4.69) is 0 Å². The summed E-state index contributed by atoms with van der Waals surface area (Å²) in [7, 11) is 0. The molecule has 0 aromatic heterocycles. The SMILES string of the molecule is CC(C)C[C@H](C(=O)O)[C@@H](O)C(=O)O. The van der Waals surface area contributed by atoms with E-state index in [1.807, 2.05) is 0 Å². The van der Waals surface area contributed by atoms with E-state index in [0.717, 1.165) is 0 Å². The Labute approximate surface area is 76.0 Å². The first-order valence-corrected chi connectivity index (χ1v) is 4.00. The molecule has 0 fully saturated rings. The molecule has 0 heterocycles. The van der Waals surface area contributed by atoms with Crippen LogP contribution in [0.5, 0.6) is 0 Å². The quantitative estimate of drug-likeness (QED) is 0.574. The van der Waals surface area contributed by atoms with Crippen LogP contribution in [0.4, 0.5) is 0 Å². The highest BCUT2D eigenvalue weighted by molar-refractivity contribution is 5.81. The molecule has 5 heteroatoms. The summed E-state index contributed by atoms with van der Waals surface area (Å²) in [6.45, 7) is 3.54. The van der Waals surface area contributed by atoms with Gasteiger partial charge in [-0.25, -0.2) is 4.79 Å². The van der Waals surface area contributed by atoms with Crippen LogP contribution in [-0.2, 0) is 9.59 Å². The van der Waals surface area contributed by atoms with E-state index in [1.165, 1.54) is 0 Å². The van der Waals surface area contributed by atoms with Crippen molar-refractivity contribution in [3.05, 3.63) is 0 Å². The van der Waals surface area contributed by atoms with Crippen molar-refractivity contribution in [2.45, 2.75) is 26.4 Å². The van der Waals surface area contributed by atoms with Gasteiger partial charge in [0.2, 0.25) is 0 Å². The summed E-state index contributed by atoms with van der Waals surface area (Å²) >= 11 is 0. The molecule has 76 valence electrons. The van der Waals surface area contributed by atoms with Crippen molar-refractivity contribution in [1.29, 1.82) is 0 Å². The molecule has 0 amide bonds. The summed E-state index contributed by atoms with van der Waals surface area (Å²) in [5, 5.41) is 26.0. The molecule has 0 saturated carbocycles. The van der Waals surface area contributed by atoms with Crippen molar-refractivity contribution in [3.8, 4) is 0 Å². The molecule has 0 aliphatic heterocycles. The second-order valence-electron chi connectivity index (χ2n) is 3.36. The first-order chi connectivity index (χ1) is 5.86. The fourth-order valence-electron chi connectivity index (χ4n) is 1.04. The number of aliphatic hydroxyl groups excluding tert-OH is 1. The summed E-state index contributed by atoms with van der Waals surface area (Å²) in [4.78, 5) is 20.9. The predicted octanol–water partition coefficient (Wildman–Crippen LogP) is 0.179. The van der Waals surface area contributed by atoms with Crippen LogP contribution in [-0.4, -0.2) is 33.4 Å². The normalized spacial score (nSPS) is 15.4. The Bertz CT molecular complexity index is 199. The Morgan fingerprint density at radius 1 is 1.15 bits per heavy atom. The largest absolute Gasteiger partial charge is 0.481 e. The highest BCUT2D eigenvalue weighted by Gasteiger charge is 2.32. The Morgan fingerprint density at radius 2 is 1.62 bits per heavy atom. The number of carbonyl (C=O) groups is 2. The molecular formula is C8H14O5. The first kappa shape index (κ1) is 11.9. The van der Waals surface area contributed by atoms with Crippen molar-refractivity contribution in [1.82, 2.24) is 0 Å². The maximum absolute atomic E-state index is 10.6. The van der Waals surface area contributed by atoms with E-state index in [1.54, 1.807) is 13.8 Å². The van der Waals surface area contributed by atoms with E-state index in [4.69, 9.17) is 15.3 Å². The number of hydrogen-bond acceptors (Lipinski definition) is 3. The monoisotopic (exact) mass is 190 g/mol. The number of rotatable bonds is 5. The van der Waals surface area contributed by atoms with Crippen molar-refractivity contribution < 1.29 is 24.9 Å². The molecule has 0 aromatic carbocycles. The van der Waals surface area contributed by atoms with E-state index in [-0.39, 0.29) is 12.3 Å². The molecule has 0 spiro atoms. The minimum atomic E-state index is -1.82. The van der Waals surface area contributed by atoms with Crippen LogP contribution in [0, 0.1) is 11.8 Å². The van der Waals surface area contributed by atoms with Crippen LogP contribution in [0.1, 0.15) is 20.3 Å². The number of hydrogen-bond donors (Lipinski definition) is 3. The molecule has 3 N–H and O–H groups in total. The third-order valence-corrected chi connectivity index (χ3v) is 1.68. The van der Waals surface area contributed by atoms with Gasteiger partial charge >= 0.3 is 11.9 Å². The predicted molar refractivity (Wildman–Crippen MR) is 44.2 cm³/mol. The highest BCUT2D eigenvalue weighted by atomic mass is 16.4. The van der Waals surface area contributed by atoms with Crippen LogP contribution in [0.25, 0.3) is 0 Å². The molecule has 0 radical (unpaired) electrons. The Morgan fingerprint density at radius 3 is 1.85 bits per heavy atom. The van der Waals surface area contributed by atoms with Gasteiger partial charge < -0.3 is 15.3 Å². The molecule has 0 rings (SSSR count). The maximum Gasteiger partial charge on any atom is 0.333 e. The summed E-state index contributed by atoms with van der Waals surface area (Å²) in [6.07, 6.45) is -1.66. The topological polar surface area (TPSA) is 94.8 Å². The number of aliphatic hydroxyl groups is 1. The lowest BCUT2D eigenvalue weighted by Gasteiger charge is -2.17. The Hall–Kier alpha value is -1.10. The fourth-order valence-corrected chi connectivity index (χ4v) is 1.04. The third kappa shape index (κ3) is 3.89. The molecular weight excluding hydrogens is 176 g/mol. The number of aliphatic carboxylic acids is 2. The minimum Gasteiger partial charge on any atom is -0.481 e. The van der Waals surface area contributed by atoms with Gasteiger partial charge in [0.1, 0.15) is 0 Å². The van der Waals surface area contributed by atoms with Crippen molar-refractivity contribution in [3.63, 3.8) is 0 Å². The van der Waals surface area contributed by atoms with Gasteiger partial charge in [0.05, 0.1) is 5.92 Å². The number of carboxylic acids is 2. The second kappa shape index (κ2) is 4.81. The lowest BCUT2D eigenvalue weighted by atomic mass is 9.92. The molecule has 13 heavy (non-hydrogen) atoms. The van der Waals surface area contributed by atoms with E-state index < -0.39 is 24.0 Å². The highest BCUT2D eigenvalue weighted by Crippen LogP contribution is 2.16. The van der Waals surface area contributed by atoms with Crippen molar-refractivity contribution >= 4 is 11.9 Å². The summed E-state index contributed by atoms with van der Waals surface area (Å²) in [6, 6.07) is 0. The van der Waals surface area contributed by atoms with Gasteiger partial charge in [-0.2, -0.15) is 0 Å². The first-order valence-electron chi connectivity index (χ1n) is 4.00. The van der Waals surface area contributed by atoms with E-state index in [9.17, 15) is 9.59 Å². The molecule has 0 aliphatic rings. The van der Waals surface area contributed by atoms with Gasteiger partial charge in [0, 0.05) is 0 Å². The van der Waals surface area contributed by atoms with Crippen molar-refractivity contribution in [2.75, 3.05) is 0 Å². The van der Waals surface area contributed by atoms with Gasteiger partial charge in [-0.15, -0.1) is 0 Å². The molecule has 0 unspecified atom stereocenters. The Kier molecular flexibility index (Phi) is 4.40. The zero-order chi connectivity index (χ0) is 10.6. The van der Waals surface area contributed by atoms with Gasteiger partial charge in [-0.1, -0.05) is 13.8 Å². The Balaban J connectivity index is 4.42. The molecule has 0 saturated heterocycles. The van der Waals surface area contributed by atoms with Crippen LogP contribution in [0.15, 0.2) is 0 Å². The summed E-state index contributed by atoms with van der Waals surface area (Å²) in [5.74, 6) is -3.95. The average molecular weight is 190 g/mol. The fraction of sp³-hybridized carbons (Fsp3) is 0.750. The smallest absolute Gasteiger partial charge is 0.333 e. The van der Waals surface area contributed by atoms with Gasteiger partial charge in [0.15, 0.2) is 6.10 Å². The standard InChI is InChI=1S/C8H14O5/c1-4(2)3-5(7(10)11)6(9)8(12)13/h4-6,9H,3H2,1-2H3,(H,10,11)(H,12,13)/t5-,6+/m0/s1. The summed E-state index contributed by atoms with van der Waals surface area (Å²) < 4.78 is 0.